The van der Waals surface area contributed by atoms with Gasteiger partial charge in [-0.05, 0) is 4.92 Å². The predicted octanol–water partition coefficient (Wildman–Crippen LogP) is -1.05. The van der Waals surface area contributed by atoms with Crippen molar-refractivity contribution in [2.45, 2.75) is 0 Å². The highest BCUT2D eigenvalue weighted by Crippen LogP contribution is 2.20. The maximum Gasteiger partial charge on any atom is 0.459 e. The van der Waals surface area contributed by atoms with E-state index in [2.05, 4.69) is 45.8 Å². The van der Waals surface area contributed by atoms with Gasteiger partial charge in [0.2, 0.25) is 0 Å². The Morgan fingerprint density at radius 1 is 1.33 bits per heavy atom. The molecule has 0 amide bonds. The zero-order valence-electron chi connectivity index (χ0n) is 8.33. The first kappa shape index (κ1) is 9.94. The third-order valence-corrected chi connectivity index (χ3v) is 1.82. The van der Waals surface area contributed by atoms with Crippen LogP contribution in [0.2, 0.25) is 0 Å². The van der Waals surface area contributed by atoms with E-state index in [1.165, 1.54) is 10.8 Å². The van der Waals surface area contributed by atoms with Crippen molar-refractivity contribution in [2.24, 2.45) is 0 Å². The van der Waals surface area contributed by atoms with E-state index in [0.717, 1.165) is 0 Å². The molecule has 0 aliphatic rings. The molecule has 3 heterocycles. The minimum atomic E-state index is -0.760. The summed E-state index contributed by atoms with van der Waals surface area (Å²) in [4.78, 5) is 9.81. The van der Waals surface area contributed by atoms with Crippen LogP contribution in [-0.2, 0) is 0 Å². The molecule has 0 spiro atoms. The summed E-state index contributed by atoms with van der Waals surface area (Å²) in [6, 6.07) is 0. The van der Waals surface area contributed by atoms with Crippen molar-refractivity contribution in [2.75, 3.05) is 5.32 Å². The normalized spacial score (nSPS) is 10.7. The van der Waals surface area contributed by atoms with Gasteiger partial charge in [-0.25, -0.2) is 0 Å². The minimum absolute atomic E-state index is 0.0406. The lowest BCUT2D eigenvalue weighted by atomic mass is 10.6. The van der Waals surface area contributed by atoms with Gasteiger partial charge in [0.05, 0.1) is 0 Å². The minimum Gasteiger partial charge on any atom is -0.358 e. The second kappa shape index (κ2) is 3.65. The van der Waals surface area contributed by atoms with E-state index in [4.69, 9.17) is 0 Å². The van der Waals surface area contributed by atoms with Crippen LogP contribution in [0.1, 0.15) is 0 Å². The first-order valence-corrected chi connectivity index (χ1v) is 4.39. The van der Waals surface area contributed by atoms with Gasteiger partial charge in [-0.15, -0.1) is 30.1 Å². The third kappa shape index (κ3) is 1.55. The Bertz CT molecular complexity index is 717. The number of nitrogens with one attached hydrogen (secondary N) is 1. The quantitative estimate of drug-likeness (QED) is 0.445. The summed E-state index contributed by atoms with van der Waals surface area (Å²) >= 11 is 0. The Labute approximate surface area is 95.9 Å². The Morgan fingerprint density at radius 2 is 2.22 bits per heavy atom. The monoisotopic (exact) mass is 250 g/mol. The molecule has 0 saturated carbocycles. The summed E-state index contributed by atoms with van der Waals surface area (Å²) in [5, 5.41) is 37.8. The van der Waals surface area contributed by atoms with Crippen LogP contribution in [0.4, 0.5) is 17.6 Å². The van der Waals surface area contributed by atoms with Gasteiger partial charge < -0.3 is 10.1 Å². The first-order chi connectivity index (χ1) is 8.74. The van der Waals surface area contributed by atoms with Crippen LogP contribution in [0.25, 0.3) is 5.78 Å². The maximum absolute atomic E-state index is 10.6. The van der Waals surface area contributed by atoms with E-state index in [1.54, 1.807) is 0 Å². The Kier molecular flexibility index (Phi) is 2.01. The molecule has 18 heavy (non-hydrogen) atoms. The zero-order chi connectivity index (χ0) is 12.5. The van der Waals surface area contributed by atoms with Crippen molar-refractivity contribution < 1.29 is 9.55 Å². The van der Waals surface area contributed by atoms with Gasteiger partial charge in [0.25, 0.3) is 17.5 Å². The highest BCUT2D eigenvalue weighted by molar-refractivity contribution is 5.56. The van der Waals surface area contributed by atoms with Crippen molar-refractivity contribution in [3.8, 4) is 0 Å². The highest BCUT2D eigenvalue weighted by atomic mass is 16.6. The fourth-order valence-electron chi connectivity index (χ4n) is 1.11. The molecular formula is C5H2N10O3. The molecule has 13 nitrogen and oxygen atoms in total. The second-order valence-electron chi connectivity index (χ2n) is 2.92. The number of hydrogen-bond donors (Lipinski definition) is 1. The molecule has 0 fully saturated rings. The van der Waals surface area contributed by atoms with Crippen LogP contribution in [0.15, 0.2) is 11.0 Å². The summed E-state index contributed by atoms with van der Waals surface area (Å²) in [6.07, 6.45) is 1.30. The van der Waals surface area contributed by atoms with Crippen molar-refractivity contribution in [3.63, 3.8) is 0 Å². The van der Waals surface area contributed by atoms with E-state index < -0.39 is 10.7 Å². The molecule has 3 rings (SSSR count). The van der Waals surface area contributed by atoms with Gasteiger partial charge >= 0.3 is 5.82 Å². The number of nitro groups is 1. The van der Waals surface area contributed by atoms with Crippen LogP contribution >= 0.6 is 0 Å². The first-order valence-electron chi connectivity index (χ1n) is 4.39. The molecule has 1 N–H and O–H groups in total. The molecule has 0 aliphatic carbocycles. The summed E-state index contributed by atoms with van der Waals surface area (Å²) in [7, 11) is 0. The zero-order valence-corrected chi connectivity index (χ0v) is 8.33. The molecule has 0 aliphatic heterocycles. The Balaban J connectivity index is 1.95. The van der Waals surface area contributed by atoms with Crippen LogP contribution in [0.3, 0.4) is 0 Å². The molecule has 0 bridgehead atoms. The fraction of sp³-hybridized carbons (Fsp3) is 0. The van der Waals surface area contributed by atoms with Gasteiger partial charge in [-0.1, -0.05) is 0 Å². The lowest BCUT2D eigenvalue weighted by Crippen LogP contribution is -2.05. The number of rotatable bonds is 3. The topological polar surface area (TPSA) is 163 Å². The highest BCUT2D eigenvalue weighted by Gasteiger charge is 2.23. The summed E-state index contributed by atoms with van der Waals surface area (Å²) in [5.74, 6) is -0.661. The predicted molar refractivity (Wildman–Crippen MR) is 50.6 cm³/mol. The molecule has 0 saturated heterocycles. The average Bonchev–Trinajstić information content (AvgIpc) is 2.96. The van der Waals surface area contributed by atoms with Gasteiger partial charge in [0.1, 0.15) is 6.33 Å². The van der Waals surface area contributed by atoms with Crippen LogP contribution in [0.5, 0.6) is 0 Å². The van der Waals surface area contributed by atoms with E-state index in [9.17, 15) is 10.1 Å². The Hall–Kier alpha value is -3.25. The van der Waals surface area contributed by atoms with Gasteiger partial charge in [0, 0.05) is 5.16 Å². The lowest BCUT2D eigenvalue weighted by molar-refractivity contribution is -0.389. The van der Waals surface area contributed by atoms with E-state index >= 15 is 0 Å². The van der Waals surface area contributed by atoms with Gasteiger partial charge in [-0.2, -0.15) is 4.52 Å². The van der Waals surface area contributed by atoms with Gasteiger partial charge in [0.15, 0.2) is 5.16 Å². The summed E-state index contributed by atoms with van der Waals surface area (Å²) in [6.45, 7) is 0. The molecule has 0 aromatic carbocycles. The average molecular weight is 250 g/mol. The van der Waals surface area contributed by atoms with Crippen molar-refractivity contribution in [1.29, 1.82) is 0 Å². The summed E-state index contributed by atoms with van der Waals surface area (Å²) < 4.78 is 5.47. The molecule has 0 atom stereocenters. The molecule has 3 aromatic heterocycles. The lowest BCUT2D eigenvalue weighted by Gasteiger charge is -1.97. The largest absolute Gasteiger partial charge is 0.459 e. The molecular weight excluding hydrogens is 248 g/mol. The number of aromatic nitrogens is 8. The summed E-state index contributed by atoms with van der Waals surface area (Å²) in [5.41, 5.74) is 0. The van der Waals surface area contributed by atoms with E-state index in [1.807, 2.05) is 0 Å². The van der Waals surface area contributed by atoms with Crippen molar-refractivity contribution in [3.05, 3.63) is 16.4 Å². The van der Waals surface area contributed by atoms with E-state index in [-0.39, 0.29) is 17.5 Å². The number of hydrogen-bond acceptors (Lipinski definition) is 11. The third-order valence-electron chi connectivity index (χ3n) is 1.82. The van der Waals surface area contributed by atoms with Crippen LogP contribution in [-0.4, -0.2) is 45.2 Å². The molecule has 0 unspecified atom stereocenters. The SMILES string of the molecule is O=[N+]([O-])c1nonc1Nc1nnc2nncn2n1. The number of anilines is 2. The van der Waals surface area contributed by atoms with Crippen LogP contribution < -0.4 is 5.32 Å². The van der Waals surface area contributed by atoms with Crippen molar-refractivity contribution in [1.82, 2.24) is 40.3 Å². The molecule has 90 valence electrons. The Morgan fingerprint density at radius 3 is 3.06 bits per heavy atom. The van der Waals surface area contributed by atoms with Crippen LogP contribution in [0, 0.1) is 10.1 Å². The second-order valence-corrected chi connectivity index (χ2v) is 2.92. The molecule has 3 aromatic rings. The maximum atomic E-state index is 10.6. The number of fused-ring (bicyclic) bond motifs is 1. The molecule has 13 heteroatoms. The molecule has 0 radical (unpaired) electrons. The number of nitrogens with zero attached hydrogens (tertiary/aromatic N) is 9. The fourth-order valence-corrected chi connectivity index (χ4v) is 1.11. The van der Waals surface area contributed by atoms with Crippen molar-refractivity contribution >= 4 is 23.4 Å². The van der Waals surface area contributed by atoms with E-state index in [0.29, 0.717) is 0 Å². The standard InChI is InChI=1S/C5H2N10O3/c16-15(17)3-2(12-18-13-3)7-4-8-10-5-9-6-1-14(5)11-4/h1H,(H,7,11,12). The van der Waals surface area contributed by atoms with Gasteiger partial charge in [-0.3, -0.25) is 5.32 Å². The smallest absolute Gasteiger partial charge is 0.358 e.